The first-order valence-electron chi connectivity index (χ1n) is 11.5. The first-order valence-corrected chi connectivity index (χ1v) is 11.5. The third kappa shape index (κ3) is 4.06. The molecule has 0 atom stereocenters. The second kappa shape index (κ2) is 9.02. The van der Waals surface area contributed by atoms with E-state index in [1.807, 2.05) is 49.4 Å². The van der Waals surface area contributed by atoms with Crippen LogP contribution in [-0.2, 0) is 6.54 Å². The number of hydrogen-bond donors (Lipinski definition) is 2. The van der Waals surface area contributed by atoms with Gasteiger partial charge in [-0.1, -0.05) is 42.5 Å². The highest BCUT2D eigenvalue weighted by atomic mass is 16.5. The Balaban J connectivity index is 1.57. The third-order valence-electron chi connectivity index (χ3n) is 6.30. The summed E-state index contributed by atoms with van der Waals surface area (Å²) in [6, 6.07) is 18.0. The van der Waals surface area contributed by atoms with Gasteiger partial charge in [0.15, 0.2) is 5.65 Å². The van der Waals surface area contributed by atoms with Gasteiger partial charge in [0.1, 0.15) is 17.1 Å². The number of anilines is 2. The summed E-state index contributed by atoms with van der Waals surface area (Å²) in [6.07, 6.45) is 3.54. The number of aromatic amines is 1. The number of methoxy groups -OCH3 is 1. The molecule has 33 heavy (non-hydrogen) atoms. The van der Waals surface area contributed by atoms with E-state index < -0.39 is 0 Å². The van der Waals surface area contributed by atoms with Crippen molar-refractivity contribution in [2.45, 2.75) is 32.7 Å². The van der Waals surface area contributed by atoms with E-state index >= 15 is 0 Å². The van der Waals surface area contributed by atoms with E-state index in [-0.39, 0.29) is 5.56 Å². The highest BCUT2D eigenvalue weighted by molar-refractivity contribution is 5.86. The van der Waals surface area contributed by atoms with E-state index in [0.717, 1.165) is 54.2 Å². The molecule has 0 unspecified atom stereocenters. The molecule has 5 rings (SSSR count). The van der Waals surface area contributed by atoms with E-state index in [1.54, 1.807) is 11.6 Å². The molecule has 0 amide bonds. The van der Waals surface area contributed by atoms with Gasteiger partial charge < -0.3 is 15.0 Å². The predicted octanol–water partition coefficient (Wildman–Crippen LogP) is 4.61. The molecule has 4 aromatic rings. The van der Waals surface area contributed by atoms with E-state index in [2.05, 4.69) is 27.4 Å². The summed E-state index contributed by atoms with van der Waals surface area (Å²) < 4.78 is 6.82. The first-order chi connectivity index (χ1) is 16.2. The van der Waals surface area contributed by atoms with Crippen LogP contribution < -0.4 is 20.5 Å². The zero-order chi connectivity index (χ0) is 22.8. The van der Waals surface area contributed by atoms with Crippen LogP contribution in [0.25, 0.3) is 16.9 Å². The Morgan fingerprint density at radius 1 is 1.03 bits per heavy atom. The Morgan fingerprint density at radius 2 is 1.76 bits per heavy atom. The van der Waals surface area contributed by atoms with Crippen LogP contribution in [0.5, 0.6) is 5.75 Å². The minimum atomic E-state index is -0.119. The standard InChI is InChI=1S/C26H29N5O2/c1-18-22(27-17-19-11-13-21(33-2)14-12-19)26(32)31-25(28-18)24(30-15-7-4-8-16-30)23(29-31)20-9-5-3-6-10-20/h3,5-6,9-14,27,29H,4,7-8,15-17H2,1-2H3. The second-order valence-corrected chi connectivity index (χ2v) is 8.49. The number of benzene rings is 2. The van der Waals surface area contributed by atoms with E-state index in [1.165, 1.54) is 6.42 Å². The molecule has 1 aliphatic rings. The number of hydrogen-bond acceptors (Lipinski definition) is 5. The van der Waals surface area contributed by atoms with Crippen molar-refractivity contribution in [2.75, 3.05) is 30.4 Å². The Bertz CT molecular complexity index is 1300. The van der Waals surface area contributed by atoms with Gasteiger partial charge >= 0.3 is 0 Å². The molecule has 2 aromatic heterocycles. The van der Waals surface area contributed by atoms with Crippen LogP contribution in [0.1, 0.15) is 30.5 Å². The SMILES string of the molecule is COc1ccc(CNc2c(C)nc3c(N4CCCCC4)c(-c4ccccc4)[nH]n3c2=O)cc1. The zero-order valence-corrected chi connectivity index (χ0v) is 19.1. The lowest BCUT2D eigenvalue weighted by atomic mass is 10.1. The maximum absolute atomic E-state index is 13.5. The quantitative estimate of drug-likeness (QED) is 0.455. The molecule has 0 aliphatic carbocycles. The van der Waals surface area contributed by atoms with Crippen LogP contribution in [0.2, 0.25) is 0 Å². The highest BCUT2D eigenvalue weighted by Gasteiger charge is 2.24. The Kier molecular flexibility index (Phi) is 5.77. The molecule has 2 N–H and O–H groups in total. The topological polar surface area (TPSA) is 74.7 Å². The van der Waals surface area contributed by atoms with Crippen molar-refractivity contribution in [3.8, 4) is 17.0 Å². The smallest absolute Gasteiger partial charge is 0.296 e. The van der Waals surface area contributed by atoms with Crippen LogP contribution in [0.15, 0.2) is 59.4 Å². The van der Waals surface area contributed by atoms with Crippen molar-refractivity contribution in [1.82, 2.24) is 14.6 Å². The van der Waals surface area contributed by atoms with Gasteiger partial charge in [-0.05, 0) is 43.9 Å². The van der Waals surface area contributed by atoms with Crippen LogP contribution in [0.4, 0.5) is 11.4 Å². The lowest BCUT2D eigenvalue weighted by Crippen LogP contribution is -2.30. The van der Waals surface area contributed by atoms with E-state index in [9.17, 15) is 4.79 Å². The fraction of sp³-hybridized carbons (Fsp3) is 0.308. The normalized spacial score (nSPS) is 13.9. The summed E-state index contributed by atoms with van der Waals surface area (Å²) in [6.45, 7) is 4.37. The lowest BCUT2D eigenvalue weighted by Gasteiger charge is -2.28. The average molecular weight is 444 g/mol. The Hall–Kier alpha value is -3.74. The molecule has 1 fully saturated rings. The molecule has 7 nitrogen and oxygen atoms in total. The Morgan fingerprint density at radius 3 is 2.45 bits per heavy atom. The lowest BCUT2D eigenvalue weighted by molar-refractivity contribution is 0.414. The summed E-state index contributed by atoms with van der Waals surface area (Å²) in [4.78, 5) is 20.8. The fourth-order valence-electron chi connectivity index (χ4n) is 4.53. The van der Waals surface area contributed by atoms with Crippen molar-refractivity contribution < 1.29 is 4.74 Å². The van der Waals surface area contributed by atoms with Gasteiger partial charge in [0, 0.05) is 25.2 Å². The molecule has 0 radical (unpaired) electrons. The number of nitrogens with one attached hydrogen (secondary N) is 2. The van der Waals surface area contributed by atoms with Gasteiger partial charge in [-0.15, -0.1) is 0 Å². The molecule has 7 heteroatoms. The van der Waals surface area contributed by atoms with Gasteiger partial charge in [0.25, 0.3) is 5.56 Å². The molecular weight excluding hydrogens is 414 g/mol. The summed E-state index contributed by atoms with van der Waals surface area (Å²) in [5, 5.41) is 6.68. The Labute approximate surface area is 193 Å². The van der Waals surface area contributed by atoms with Crippen molar-refractivity contribution in [3.63, 3.8) is 0 Å². The van der Waals surface area contributed by atoms with E-state index in [4.69, 9.17) is 9.72 Å². The van der Waals surface area contributed by atoms with Gasteiger partial charge in [0.2, 0.25) is 0 Å². The molecule has 0 saturated carbocycles. The molecule has 1 aliphatic heterocycles. The number of rotatable bonds is 6. The number of nitrogens with zero attached hydrogens (tertiary/aromatic N) is 3. The minimum absolute atomic E-state index is 0.119. The minimum Gasteiger partial charge on any atom is -0.497 e. The van der Waals surface area contributed by atoms with Gasteiger partial charge in [-0.3, -0.25) is 9.89 Å². The van der Waals surface area contributed by atoms with Crippen LogP contribution >= 0.6 is 0 Å². The van der Waals surface area contributed by atoms with Crippen molar-refractivity contribution >= 4 is 17.0 Å². The maximum atomic E-state index is 13.5. The fourth-order valence-corrected chi connectivity index (χ4v) is 4.53. The van der Waals surface area contributed by atoms with Crippen LogP contribution in [0, 0.1) is 6.92 Å². The van der Waals surface area contributed by atoms with Crippen molar-refractivity contribution in [2.24, 2.45) is 0 Å². The summed E-state index contributed by atoms with van der Waals surface area (Å²) in [5.41, 5.74) is 5.84. The summed E-state index contributed by atoms with van der Waals surface area (Å²) in [7, 11) is 1.65. The van der Waals surface area contributed by atoms with Gasteiger partial charge in [0.05, 0.1) is 18.5 Å². The van der Waals surface area contributed by atoms with Gasteiger partial charge in [-0.2, -0.15) is 4.52 Å². The molecule has 1 saturated heterocycles. The number of H-pyrrole nitrogens is 1. The molecular formula is C26H29N5O2. The van der Waals surface area contributed by atoms with Crippen LogP contribution in [-0.4, -0.2) is 34.8 Å². The largest absolute Gasteiger partial charge is 0.497 e. The number of aryl methyl sites for hydroxylation is 1. The number of ether oxygens (including phenoxy) is 1. The molecule has 3 heterocycles. The van der Waals surface area contributed by atoms with Crippen molar-refractivity contribution in [1.29, 1.82) is 0 Å². The molecule has 0 bridgehead atoms. The monoisotopic (exact) mass is 443 g/mol. The molecule has 0 spiro atoms. The first kappa shape index (κ1) is 21.1. The number of aromatic nitrogens is 3. The van der Waals surface area contributed by atoms with E-state index in [0.29, 0.717) is 23.6 Å². The summed E-state index contributed by atoms with van der Waals surface area (Å²) in [5.74, 6) is 0.808. The second-order valence-electron chi connectivity index (χ2n) is 8.49. The average Bonchev–Trinajstić information content (AvgIpc) is 3.25. The molecule has 170 valence electrons. The van der Waals surface area contributed by atoms with Crippen LogP contribution in [0.3, 0.4) is 0 Å². The number of piperidine rings is 1. The third-order valence-corrected chi connectivity index (χ3v) is 6.30. The zero-order valence-electron chi connectivity index (χ0n) is 19.1. The maximum Gasteiger partial charge on any atom is 0.296 e. The summed E-state index contributed by atoms with van der Waals surface area (Å²) >= 11 is 0. The van der Waals surface area contributed by atoms with Gasteiger partial charge in [-0.25, -0.2) is 4.98 Å². The molecule has 2 aromatic carbocycles. The predicted molar refractivity (Wildman–Crippen MR) is 132 cm³/mol. The number of fused-ring (bicyclic) bond motifs is 1. The highest BCUT2D eigenvalue weighted by Crippen LogP contribution is 2.35. The van der Waals surface area contributed by atoms with Crippen molar-refractivity contribution in [3.05, 3.63) is 76.2 Å².